The predicted octanol–water partition coefficient (Wildman–Crippen LogP) is 4.50. The smallest absolute Gasteiger partial charge is 0.282 e. The van der Waals surface area contributed by atoms with E-state index in [0.29, 0.717) is 40.9 Å². The molecule has 1 saturated heterocycles. The highest BCUT2D eigenvalue weighted by molar-refractivity contribution is 6.45. The first-order valence-corrected chi connectivity index (χ1v) is 9.73. The summed E-state index contributed by atoms with van der Waals surface area (Å²) in [7, 11) is 0. The molecular formula is C22H20ClFN2O2. The molecule has 2 aromatic rings. The first-order valence-electron chi connectivity index (χ1n) is 9.35. The quantitative estimate of drug-likeness (QED) is 0.715. The SMILES string of the molecule is CC1CCN(C2=C(c3ccc(Cl)cc3)C(=O)N(c3cccc(F)c3)C2=O)CC1. The second-order valence-electron chi connectivity index (χ2n) is 7.33. The number of carbonyl (C=O) groups is 2. The lowest BCUT2D eigenvalue weighted by molar-refractivity contribution is -0.120. The molecule has 2 aliphatic rings. The Balaban J connectivity index is 1.81. The van der Waals surface area contributed by atoms with Crippen LogP contribution in [0.5, 0.6) is 0 Å². The standard InChI is InChI=1S/C22H20ClFN2O2/c1-14-9-11-25(12-10-14)20-19(15-5-7-16(23)8-6-15)21(27)26(22(20)28)18-4-2-3-17(24)13-18/h2-8,13-14H,9-12H2,1H3. The summed E-state index contributed by atoms with van der Waals surface area (Å²) in [6, 6.07) is 12.4. The van der Waals surface area contributed by atoms with Crippen molar-refractivity contribution in [1.82, 2.24) is 4.90 Å². The highest BCUT2D eigenvalue weighted by Gasteiger charge is 2.43. The van der Waals surface area contributed by atoms with Crippen molar-refractivity contribution < 1.29 is 14.0 Å². The Hall–Kier alpha value is -2.66. The number of piperidine rings is 1. The van der Waals surface area contributed by atoms with Crippen molar-refractivity contribution in [3.8, 4) is 0 Å². The molecule has 0 bridgehead atoms. The van der Waals surface area contributed by atoms with E-state index in [9.17, 15) is 14.0 Å². The fraction of sp³-hybridized carbons (Fsp3) is 0.273. The topological polar surface area (TPSA) is 40.6 Å². The third-order valence-corrected chi connectivity index (χ3v) is 5.61. The van der Waals surface area contributed by atoms with Gasteiger partial charge in [0, 0.05) is 18.1 Å². The molecule has 0 aromatic heterocycles. The van der Waals surface area contributed by atoms with Crippen molar-refractivity contribution in [2.24, 2.45) is 5.92 Å². The van der Waals surface area contributed by atoms with Gasteiger partial charge in [-0.3, -0.25) is 9.59 Å². The van der Waals surface area contributed by atoms with Crippen LogP contribution in [0, 0.1) is 11.7 Å². The van der Waals surface area contributed by atoms with Crippen LogP contribution in [-0.4, -0.2) is 29.8 Å². The predicted molar refractivity (Wildman–Crippen MR) is 107 cm³/mol. The maximum absolute atomic E-state index is 13.7. The molecule has 0 radical (unpaired) electrons. The van der Waals surface area contributed by atoms with Crippen LogP contribution in [-0.2, 0) is 9.59 Å². The van der Waals surface area contributed by atoms with Crippen LogP contribution in [0.4, 0.5) is 10.1 Å². The lowest BCUT2D eigenvalue weighted by Crippen LogP contribution is -2.38. The Morgan fingerprint density at radius 2 is 1.68 bits per heavy atom. The molecule has 0 aliphatic carbocycles. The van der Waals surface area contributed by atoms with Gasteiger partial charge in [-0.15, -0.1) is 0 Å². The third kappa shape index (κ3) is 3.31. The average molecular weight is 399 g/mol. The van der Waals surface area contributed by atoms with Crippen LogP contribution in [0.1, 0.15) is 25.3 Å². The number of hydrogen-bond donors (Lipinski definition) is 0. The number of hydrogen-bond acceptors (Lipinski definition) is 3. The van der Waals surface area contributed by atoms with Crippen LogP contribution >= 0.6 is 11.6 Å². The Morgan fingerprint density at radius 3 is 2.32 bits per heavy atom. The maximum Gasteiger partial charge on any atom is 0.282 e. The molecule has 4 nitrogen and oxygen atoms in total. The molecule has 144 valence electrons. The lowest BCUT2D eigenvalue weighted by atomic mass is 9.97. The largest absolute Gasteiger partial charge is 0.366 e. The van der Waals surface area contributed by atoms with Crippen molar-refractivity contribution in [2.45, 2.75) is 19.8 Å². The molecule has 6 heteroatoms. The fourth-order valence-electron chi connectivity index (χ4n) is 3.77. The summed E-state index contributed by atoms with van der Waals surface area (Å²) in [4.78, 5) is 29.7. The molecule has 0 unspecified atom stereocenters. The Labute approximate surface area is 168 Å². The third-order valence-electron chi connectivity index (χ3n) is 5.36. The van der Waals surface area contributed by atoms with E-state index in [1.165, 1.54) is 18.2 Å². The van der Waals surface area contributed by atoms with Gasteiger partial charge in [0.25, 0.3) is 11.8 Å². The number of carbonyl (C=O) groups excluding carboxylic acids is 2. The summed E-state index contributed by atoms with van der Waals surface area (Å²) in [5.41, 5.74) is 1.61. The van der Waals surface area contributed by atoms with Crippen LogP contribution in [0.2, 0.25) is 5.02 Å². The number of anilines is 1. The van der Waals surface area contributed by atoms with Gasteiger partial charge in [0.05, 0.1) is 11.3 Å². The van der Waals surface area contributed by atoms with Crippen molar-refractivity contribution >= 4 is 34.7 Å². The second-order valence-corrected chi connectivity index (χ2v) is 7.76. The monoisotopic (exact) mass is 398 g/mol. The first kappa shape index (κ1) is 18.7. The number of rotatable bonds is 3. The van der Waals surface area contributed by atoms with Gasteiger partial charge >= 0.3 is 0 Å². The zero-order valence-corrected chi connectivity index (χ0v) is 16.2. The molecule has 0 saturated carbocycles. The summed E-state index contributed by atoms with van der Waals surface area (Å²) in [6.45, 7) is 3.61. The molecule has 2 heterocycles. The zero-order valence-electron chi connectivity index (χ0n) is 15.5. The number of benzene rings is 2. The minimum Gasteiger partial charge on any atom is -0.366 e. The number of halogens is 2. The minimum absolute atomic E-state index is 0.238. The van der Waals surface area contributed by atoms with Gasteiger partial charge in [-0.2, -0.15) is 0 Å². The molecular weight excluding hydrogens is 379 g/mol. The van der Waals surface area contributed by atoms with E-state index in [-0.39, 0.29) is 5.69 Å². The lowest BCUT2D eigenvalue weighted by Gasteiger charge is -2.32. The van der Waals surface area contributed by atoms with E-state index in [2.05, 4.69) is 6.92 Å². The fourth-order valence-corrected chi connectivity index (χ4v) is 3.90. The average Bonchev–Trinajstić information content (AvgIpc) is 2.93. The molecule has 1 fully saturated rings. The first-order chi connectivity index (χ1) is 13.5. The molecule has 2 aromatic carbocycles. The number of likely N-dealkylation sites (tertiary alicyclic amines) is 1. The van der Waals surface area contributed by atoms with Gasteiger partial charge in [-0.1, -0.05) is 36.7 Å². The number of imide groups is 1. The summed E-state index contributed by atoms with van der Waals surface area (Å²) >= 11 is 6.00. The summed E-state index contributed by atoms with van der Waals surface area (Å²) in [5.74, 6) is -0.754. The number of nitrogens with zero attached hydrogens (tertiary/aromatic N) is 2. The van der Waals surface area contributed by atoms with Crippen LogP contribution in [0.25, 0.3) is 5.57 Å². The molecule has 0 N–H and O–H groups in total. The molecule has 4 rings (SSSR count). The van der Waals surface area contributed by atoms with E-state index >= 15 is 0 Å². The van der Waals surface area contributed by atoms with E-state index < -0.39 is 17.6 Å². The molecule has 2 aliphatic heterocycles. The summed E-state index contributed by atoms with van der Waals surface area (Å²) in [5, 5.41) is 0.552. The van der Waals surface area contributed by atoms with E-state index in [4.69, 9.17) is 11.6 Å². The van der Waals surface area contributed by atoms with E-state index in [1.807, 2.05) is 4.90 Å². The summed E-state index contributed by atoms with van der Waals surface area (Å²) < 4.78 is 13.7. The van der Waals surface area contributed by atoms with Crippen LogP contribution < -0.4 is 4.90 Å². The molecule has 0 atom stereocenters. The van der Waals surface area contributed by atoms with Crippen LogP contribution in [0.3, 0.4) is 0 Å². The highest BCUT2D eigenvalue weighted by atomic mass is 35.5. The van der Waals surface area contributed by atoms with Crippen molar-refractivity contribution in [3.05, 3.63) is 70.6 Å². The van der Waals surface area contributed by atoms with Crippen LogP contribution in [0.15, 0.2) is 54.2 Å². The minimum atomic E-state index is -0.494. The van der Waals surface area contributed by atoms with Gasteiger partial charge in [0.15, 0.2) is 0 Å². The van der Waals surface area contributed by atoms with Gasteiger partial charge in [-0.25, -0.2) is 9.29 Å². The second kappa shape index (κ2) is 7.40. The highest BCUT2D eigenvalue weighted by Crippen LogP contribution is 2.36. The van der Waals surface area contributed by atoms with Crippen molar-refractivity contribution in [3.63, 3.8) is 0 Å². The van der Waals surface area contributed by atoms with Crippen molar-refractivity contribution in [2.75, 3.05) is 18.0 Å². The summed E-state index contributed by atoms with van der Waals surface area (Å²) in [6.07, 6.45) is 1.91. The maximum atomic E-state index is 13.7. The van der Waals surface area contributed by atoms with Crippen molar-refractivity contribution in [1.29, 1.82) is 0 Å². The molecule has 2 amide bonds. The Morgan fingerprint density at radius 1 is 1.00 bits per heavy atom. The molecule has 0 spiro atoms. The van der Waals surface area contributed by atoms with Gasteiger partial charge in [0.1, 0.15) is 11.5 Å². The van der Waals surface area contributed by atoms with E-state index in [1.54, 1.807) is 30.3 Å². The van der Waals surface area contributed by atoms with Gasteiger partial charge < -0.3 is 4.90 Å². The Bertz CT molecular complexity index is 963. The number of amides is 2. The molecule has 28 heavy (non-hydrogen) atoms. The van der Waals surface area contributed by atoms with Gasteiger partial charge in [-0.05, 0) is 54.7 Å². The van der Waals surface area contributed by atoms with E-state index in [0.717, 1.165) is 17.7 Å². The Kier molecular flexibility index (Phi) is 4.94. The van der Waals surface area contributed by atoms with Gasteiger partial charge in [0.2, 0.25) is 0 Å². The normalized spacial score (nSPS) is 18.4. The zero-order chi connectivity index (χ0) is 19.8.